The molecule has 28 heavy (non-hydrogen) atoms. The molecule has 4 aromatic rings. The van der Waals surface area contributed by atoms with E-state index in [1.54, 1.807) is 40.8 Å². The van der Waals surface area contributed by atoms with E-state index in [9.17, 15) is 4.79 Å². The van der Waals surface area contributed by atoms with Crippen molar-refractivity contribution in [2.45, 2.75) is 11.4 Å². The van der Waals surface area contributed by atoms with Gasteiger partial charge >= 0.3 is 0 Å². The van der Waals surface area contributed by atoms with Gasteiger partial charge in [-0.1, -0.05) is 54.1 Å². The lowest BCUT2D eigenvalue weighted by Crippen LogP contribution is -2.16. The summed E-state index contributed by atoms with van der Waals surface area (Å²) < 4.78 is 1.78. The molecule has 1 aromatic heterocycles. The predicted octanol–water partition coefficient (Wildman–Crippen LogP) is 5.71. The Morgan fingerprint density at radius 2 is 1.93 bits per heavy atom. The average molecular weight is 408 g/mol. The molecule has 3 aromatic carbocycles. The molecule has 0 fully saturated rings. The Labute approximate surface area is 172 Å². The molecular weight excluding hydrogens is 390 g/mol. The molecule has 140 valence electrons. The molecular formula is C22H18ClN3OS. The van der Waals surface area contributed by atoms with Gasteiger partial charge in [-0.15, -0.1) is 11.8 Å². The van der Waals surface area contributed by atoms with Crippen molar-refractivity contribution in [1.29, 1.82) is 0 Å². The zero-order valence-corrected chi connectivity index (χ0v) is 16.8. The van der Waals surface area contributed by atoms with E-state index in [-0.39, 0.29) is 5.91 Å². The summed E-state index contributed by atoms with van der Waals surface area (Å²) in [7, 11) is 0. The van der Waals surface area contributed by atoms with E-state index < -0.39 is 0 Å². The molecule has 1 amide bonds. The predicted molar refractivity (Wildman–Crippen MR) is 116 cm³/mol. The first kappa shape index (κ1) is 18.6. The van der Waals surface area contributed by atoms with Crippen LogP contribution >= 0.6 is 23.4 Å². The minimum atomic E-state index is -0.249. The highest BCUT2D eigenvalue weighted by Gasteiger charge is 2.14. The van der Waals surface area contributed by atoms with Crippen LogP contribution in [-0.2, 0) is 6.54 Å². The summed E-state index contributed by atoms with van der Waals surface area (Å²) in [4.78, 5) is 13.8. The van der Waals surface area contributed by atoms with E-state index in [1.807, 2.05) is 30.5 Å². The van der Waals surface area contributed by atoms with E-state index in [0.717, 1.165) is 10.5 Å². The number of fused-ring (bicyclic) bond motifs is 1. The summed E-state index contributed by atoms with van der Waals surface area (Å²) in [5, 5.41) is 10.1. The lowest BCUT2D eigenvalue weighted by atomic mass is 10.0. The molecule has 0 saturated heterocycles. The van der Waals surface area contributed by atoms with Crippen LogP contribution in [0.1, 0.15) is 15.9 Å². The number of nitrogens with zero attached hydrogens (tertiary/aromatic N) is 2. The van der Waals surface area contributed by atoms with Gasteiger partial charge in [0.25, 0.3) is 5.91 Å². The molecule has 0 radical (unpaired) electrons. The molecule has 1 N–H and O–H groups in total. The molecule has 0 bridgehead atoms. The van der Waals surface area contributed by atoms with E-state index in [2.05, 4.69) is 34.7 Å². The van der Waals surface area contributed by atoms with Crippen LogP contribution in [-0.4, -0.2) is 21.9 Å². The monoisotopic (exact) mass is 407 g/mol. The van der Waals surface area contributed by atoms with Crippen LogP contribution in [0.3, 0.4) is 0 Å². The number of rotatable bonds is 5. The maximum absolute atomic E-state index is 12.8. The van der Waals surface area contributed by atoms with Crippen molar-refractivity contribution in [3.05, 3.63) is 89.1 Å². The van der Waals surface area contributed by atoms with E-state index in [4.69, 9.17) is 11.6 Å². The maximum Gasteiger partial charge on any atom is 0.258 e. The van der Waals surface area contributed by atoms with Gasteiger partial charge in [0, 0.05) is 11.0 Å². The fraction of sp³-hybridized carbons (Fsp3) is 0.0909. The van der Waals surface area contributed by atoms with Crippen molar-refractivity contribution in [2.75, 3.05) is 11.6 Å². The zero-order valence-electron chi connectivity index (χ0n) is 15.2. The lowest BCUT2D eigenvalue weighted by Gasteiger charge is -2.12. The second-order valence-electron chi connectivity index (χ2n) is 6.31. The second kappa shape index (κ2) is 8.09. The number of hydrogen-bond donors (Lipinski definition) is 1. The largest absolute Gasteiger partial charge is 0.307 e. The number of nitrogens with one attached hydrogen (secondary N) is 1. The van der Waals surface area contributed by atoms with Crippen molar-refractivity contribution in [3.63, 3.8) is 0 Å². The Hall–Kier alpha value is -2.76. The van der Waals surface area contributed by atoms with Gasteiger partial charge in [0.2, 0.25) is 0 Å². The van der Waals surface area contributed by atoms with Crippen molar-refractivity contribution in [2.24, 2.45) is 0 Å². The average Bonchev–Trinajstić information content (AvgIpc) is 3.15. The van der Waals surface area contributed by atoms with Gasteiger partial charge in [-0.05, 0) is 40.8 Å². The third-order valence-corrected chi connectivity index (χ3v) is 5.63. The van der Waals surface area contributed by atoms with Gasteiger partial charge in [0.05, 0.1) is 23.3 Å². The molecule has 0 aliphatic carbocycles. The van der Waals surface area contributed by atoms with Gasteiger partial charge in [0.1, 0.15) is 5.82 Å². The summed E-state index contributed by atoms with van der Waals surface area (Å²) in [6, 6.07) is 21.7. The van der Waals surface area contributed by atoms with Gasteiger partial charge in [-0.25, -0.2) is 4.68 Å². The number of hydrogen-bond acceptors (Lipinski definition) is 3. The minimum Gasteiger partial charge on any atom is -0.307 e. The normalized spacial score (nSPS) is 10.9. The minimum absolute atomic E-state index is 0.249. The Morgan fingerprint density at radius 1 is 1.11 bits per heavy atom. The number of carbonyl (C=O) groups is 1. The van der Waals surface area contributed by atoms with Crippen LogP contribution in [0.5, 0.6) is 0 Å². The Bertz CT molecular complexity index is 1150. The summed E-state index contributed by atoms with van der Waals surface area (Å²) in [5.74, 6) is 0.379. The number of aromatic nitrogens is 2. The smallest absolute Gasteiger partial charge is 0.258 e. The first-order chi connectivity index (χ1) is 13.7. The van der Waals surface area contributed by atoms with Crippen LogP contribution in [0.4, 0.5) is 5.82 Å². The van der Waals surface area contributed by atoms with E-state index in [1.165, 1.54) is 10.8 Å². The number of halogens is 1. The van der Waals surface area contributed by atoms with Crippen LogP contribution in [0, 0.1) is 0 Å². The Balaban J connectivity index is 1.60. The highest BCUT2D eigenvalue weighted by molar-refractivity contribution is 7.98. The van der Waals surface area contributed by atoms with Crippen LogP contribution in [0.2, 0.25) is 5.02 Å². The zero-order chi connectivity index (χ0) is 19.5. The van der Waals surface area contributed by atoms with Crippen molar-refractivity contribution in [1.82, 2.24) is 9.78 Å². The van der Waals surface area contributed by atoms with E-state index in [0.29, 0.717) is 22.9 Å². The molecule has 0 aliphatic heterocycles. The van der Waals surface area contributed by atoms with Gasteiger partial charge in [-0.2, -0.15) is 5.10 Å². The third kappa shape index (κ3) is 3.77. The third-order valence-electron chi connectivity index (χ3n) is 4.58. The van der Waals surface area contributed by atoms with Crippen LogP contribution in [0.15, 0.2) is 77.8 Å². The van der Waals surface area contributed by atoms with Crippen LogP contribution in [0.25, 0.3) is 10.8 Å². The van der Waals surface area contributed by atoms with Crippen molar-refractivity contribution < 1.29 is 4.79 Å². The highest BCUT2D eigenvalue weighted by atomic mass is 35.5. The van der Waals surface area contributed by atoms with Crippen LogP contribution < -0.4 is 5.32 Å². The van der Waals surface area contributed by atoms with Crippen molar-refractivity contribution in [3.8, 4) is 0 Å². The molecule has 1 heterocycles. The van der Waals surface area contributed by atoms with Gasteiger partial charge < -0.3 is 5.32 Å². The maximum atomic E-state index is 12.8. The highest BCUT2D eigenvalue weighted by Crippen LogP contribution is 2.25. The summed E-state index contributed by atoms with van der Waals surface area (Å²) in [5.41, 5.74) is 1.59. The first-order valence-electron chi connectivity index (χ1n) is 8.79. The van der Waals surface area contributed by atoms with Gasteiger partial charge in [-0.3, -0.25) is 4.79 Å². The number of anilines is 1. The SMILES string of the molecule is CSc1ccc(Cl)c(C(=O)Nc2ccnn2Cc2cccc3ccccc23)c1. The molecule has 0 atom stereocenters. The molecule has 6 heteroatoms. The molecule has 4 nitrogen and oxygen atoms in total. The van der Waals surface area contributed by atoms with Crippen molar-refractivity contribution >= 4 is 45.9 Å². The lowest BCUT2D eigenvalue weighted by molar-refractivity contribution is 0.102. The number of thioether (sulfide) groups is 1. The standard InChI is InChI=1S/C22H18ClN3OS/c1-28-17-9-10-20(23)19(13-17)22(27)25-21-11-12-24-26(21)14-16-7-4-6-15-5-2-3-8-18(15)16/h2-13H,14H2,1H3,(H,25,27). The molecule has 0 saturated carbocycles. The number of amides is 1. The summed E-state index contributed by atoms with van der Waals surface area (Å²) in [6.07, 6.45) is 3.64. The quantitative estimate of drug-likeness (QED) is 0.431. The molecule has 4 rings (SSSR count). The number of carbonyl (C=O) groups excluding carboxylic acids is 1. The summed E-state index contributed by atoms with van der Waals surface area (Å²) in [6.45, 7) is 0.558. The van der Waals surface area contributed by atoms with E-state index >= 15 is 0 Å². The number of benzene rings is 3. The fourth-order valence-corrected chi connectivity index (χ4v) is 3.79. The summed E-state index contributed by atoms with van der Waals surface area (Å²) >= 11 is 7.80. The van der Waals surface area contributed by atoms with Gasteiger partial charge in [0.15, 0.2) is 0 Å². The molecule has 0 spiro atoms. The molecule has 0 aliphatic rings. The Morgan fingerprint density at radius 3 is 2.79 bits per heavy atom. The molecule has 0 unspecified atom stereocenters. The second-order valence-corrected chi connectivity index (χ2v) is 7.60. The fourth-order valence-electron chi connectivity index (χ4n) is 3.15. The Kier molecular flexibility index (Phi) is 5.37. The topological polar surface area (TPSA) is 46.9 Å². The first-order valence-corrected chi connectivity index (χ1v) is 10.4.